The lowest BCUT2D eigenvalue weighted by molar-refractivity contribution is -0.946. The molecular formula is C31H39N2O3+. The summed E-state index contributed by atoms with van der Waals surface area (Å²) >= 11 is 0. The maximum atomic E-state index is 13.9. The van der Waals surface area contributed by atoms with Crippen LogP contribution in [0.3, 0.4) is 0 Å². The molecule has 3 heterocycles. The molecule has 0 aromatic heterocycles. The molecule has 2 bridgehead atoms. The van der Waals surface area contributed by atoms with E-state index in [1.54, 1.807) is 12.1 Å². The maximum absolute atomic E-state index is 13.9. The molecule has 1 saturated carbocycles. The van der Waals surface area contributed by atoms with Crippen LogP contribution in [0.25, 0.3) is 0 Å². The number of carbonyl (C=O) groups is 1. The molecule has 3 saturated heterocycles. The molecule has 0 spiro atoms. The van der Waals surface area contributed by atoms with Crippen molar-refractivity contribution in [3.8, 4) is 11.8 Å². The Balaban J connectivity index is 1.21. The number of nitriles is 1. The third-order valence-corrected chi connectivity index (χ3v) is 9.00. The van der Waals surface area contributed by atoms with Crippen LogP contribution in [0.15, 0.2) is 54.6 Å². The van der Waals surface area contributed by atoms with Gasteiger partial charge >= 0.3 is 5.97 Å². The molecule has 0 amide bonds. The third kappa shape index (κ3) is 5.30. The molecule has 6 rings (SSSR count). The van der Waals surface area contributed by atoms with Crippen molar-refractivity contribution in [1.82, 2.24) is 0 Å². The van der Waals surface area contributed by atoms with Crippen LogP contribution in [0.5, 0.6) is 5.75 Å². The summed E-state index contributed by atoms with van der Waals surface area (Å²) in [5.74, 6) is 1.34. The second-order valence-electron chi connectivity index (χ2n) is 11.2. The fraction of sp³-hybridized carbons (Fsp3) is 0.548. The molecule has 36 heavy (non-hydrogen) atoms. The molecule has 190 valence electrons. The lowest BCUT2D eigenvalue weighted by atomic mass is 9.74. The first-order valence-corrected chi connectivity index (χ1v) is 13.9. The van der Waals surface area contributed by atoms with Gasteiger partial charge in [-0.1, -0.05) is 56.0 Å². The molecular weight excluding hydrogens is 448 g/mol. The molecule has 4 fully saturated rings. The highest BCUT2D eigenvalue weighted by molar-refractivity contribution is 5.83. The van der Waals surface area contributed by atoms with Gasteiger partial charge in [0.15, 0.2) is 6.10 Å². The number of quaternary nitrogens is 1. The number of rotatable bonds is 8. The van der Waals surface area contributed by atoms with Crippen molar-refractivity contribution < 1.29 is 18.8 Å². The fourth-order valence-corrected chi connectivity index (χ4v) is 6.83. The van der Waals surface area contributed by atoms with Gasteiger partial charge in [-0.2, -0.15) is 5.26 Å². The van der Waals surface area contributed by atoms with Crippen molar-refractivity contribution in [2.45, 2.75) is 69.3 Å². The SMILES string of the molecule is N#Cc1ccc(OCCC[N+]23CCC(CC2)[C@@H](OC(=O)C2(c4ccccc4)CCCCCC2)C3)cc1. The molecule has 0 radical (unpaired) electrons. The molecule has 5 nitrogen and oxygen atoms in total. The highest BCUT2D eigenvalue weighted by Gasteiger charge is 2.50. The van der Waals surface area contributed by atoms with Crippen molar-refractivity contribution in [1.29, 1.82) is 5.26 Å². The first-order valence-electron chi connectivity index (χ1n) is 13.9. The lowest BCUT2D eigenvalue weighted by Crippen LogP contribution is -2.65. The molecule has 2 aromatic carbocycles. The number of hydrogen-bond donors (Lipinski definition) is 0. The normalized spacial score (nSPS) is 27.0. The van der Waals surface area contributed by atoms with Gasteiger partial charge in [0.2, 0.25) is 0 Å². The van der Waals surface area contributed by atoms with Crippen molar-refractivity contribution in [3.63, 3.8) is 0 Å². The molecule has 0 unspecified atom stereocenters. The van der Waals surface area contributed by atoms with Crippen LogP contribution < -0.4 is 4.74 Å². The van der Waals surface area contributed by atoms with Gasteiger partial charge in [0, 0.05) is 25.2 Å². The van der Waals surface area contributed by atoms with Gasteiger partial charge in [0.05, 0.1) is 43.3 Å². The summed E-state index contributed by atoms with van der Waals surface area (Å²) in [6.07, 6.45) is 9.70. The second kappa shape index (κ2) is 11.0. The number of fused-ring (bicyclic) bond motifs is 3. The van der Waals surface area contributed by atoms with E-state index in [0.29, 0.717) is 18.1 Å². The van der Waals surface area contributed by atoms with Crippen LogP contribution in [-0.2, 0) is 14.9 Å². The third-order valence-electron chi connectivity index (χ3n) is 9.00. The summed E-state index contributed by atoms with van der Waals surface area (Å²) in [4.78, 5) is 13.9. The quantitative estimate of drug-likeness (QED) is 0.205. The van der Waals surface area contributed by atoms with Gasteiger partial charge in [0.1, 0.15) is 12.3 Å². The Labute approximate surface area is 215 Å². The molecule has 1 aliphatic carbocycles. The van der Waals surface area contributed by atoms with E-state index in [2.05, 4.69) is 30.3 Å². The van der Waals surface area contributed by atoms with Crippen LogP contribution in [-0.4, -0.2) is 49.3 Å². The van der Waals surface area contributed by atoms with E-state index in [9.17, 15) is 4.79 Å². The zero-order chi connectivity index (χ0) is 24.8. The fourth-order valence-electron chi connectivity index (χ4n) is 6.83. The number of carbonyl (C=O) groups excluding carboxylic acids is 1. The number of benzene rings is 2. The second-order valence-corrected chi connectivity index (χ2v) is 11.2. The van der Waals surface area contributed by atoms with Gasteiger partial charge in [-0.3, -0.25) is 4.79 Å². The number of ether oxygens (including phenoxy) is 2. The van der Waals surface area contributed by atoms with E-state index in [1.807, 2.05) is 18.2 Å². The smallest absolute Gasteiger partial charge is 0.317 e. The van der Waals surface area contributed by atoms with Gasteiger partial charge in [-0.15, -0.1) is 0 Å². The minimum Gasteiger partial charge on any atom is -0.493 e. The Hall–Kier alpha value is -2.84. The minimum absolute atomic E-state index is 0.0247. The predicted octanol–water partition coefficient (Wildman–Crippen LogP) is 5.77. The van der Waals surface area contributed by atoms with Crippen molar-refractivity contribution >= 4 is 5.97 Å². The van der Waals surface area contributed by atoms with Gasteiger partial charge < -0.3 is 14.0 Å². The Morgan fingerprint density at radius 1 is 0.972 bits per heavy atom. The van der Waals surface area contributed by atoms with E-state index in [1.165, 1.54) is 25.9 Å². The zero-order valence-corrected chi connectivity index (χ0v) is 21.4. The topological polar surface area (TPSA) is 59.3 Å². The van der Waals surface area contributed by atoms with Crippen LogP contribution in [0.1, 0.15) is 68.9 Å². The number of nitrogens with zero attached hydrogens (tertiary/aromatic N) is 2. The first kappa shape index (κ1) is 24.8. The van der Waals surface area contributed by atoms with Crippen molar-refractivity contribution in [3.05, 3.63) is 65.7 Å². The molecule has 1 atom stereocenters. The Bertz CT molecular complexity index is 1040. The molecule has 2 aromatic rings. The van der Waals surface area contributed by atoms with Gasteiger partial charge in [-0.25, -0.2) is 0 Å². The van der Waals surface area contributed by atoms with E-state index < -0.39 is 5.41 Å². The number of hydrogen-bond acceptors (Lipinski definition) is 4. The summed E-state index contributed by atoms with van der Waals surface area (Å²) in [5, 5.41) is 8.96. The summed E-state index contributed by atoms with van der Waals surface area (Å²) in [5.41, 5.74) is 1.31. The average Bonchev–Trinajstić information content (AvgIpc) is 3.20. The minimum atomic E-state index is -0.483. The number of piperidine rings is 3. The van der Waals surface area contributed by atoms with Gasteiger partial charge in [0.25, 0.3) is 0 Å². The average molecular weight is 488 g/mol. The van der Waals surface area contributed by atoms with Crippen LogP contribution in [0.2, 0.25) is 0 Å². The van der Waals surface area contributed by atoms with Crippen LogP contribution >= 0.6 is 0 Å². The first-order chi connectivity index (χ1) is 17.6. The van der Waals surface area contributed by atoms with Crippen LogP contribution in [0, 0.1) is 17.2 Å². The monoisotopic (exact) mass is 487 g/mol. The van der Waals surface area contributed by atoms with Crippen molar-refractivity contribution in [2.75, 3.05) is 32.8 Å². The number of esters is 1. The Morgan fingerprint density at radius 2 is 1.67 bits per heavy atom. The van der Waals surface area contributed by atoms with E-state index in [4.69, 9.17) is 14.7 Å². The summed E-state index contributed by atoms with van der Waals surface area (Å²) in [6.45, 7) is 5.02. The van der Waals surface area contributed by atoms with Crippen molar-refractivity contribution in [2.24, 2.45) is 5.92 Å². The molecule has 4 aliphatic rings. The Kier molecular flexibility index (Phi) is 7.62. The summed E-state index contributed by atoms with van der Waals surface area (Å²) in [6, 6.07) is 19.9. The van der Waals surface area contributed by atoms with E-state index >= 15 is 0 Å². The molecule has 0 N–H and O–H groups in total. The Morgan fingerprint density at radius 3 is 2.33 bits per heavy atom. The van der Waals surface area contributed by atoms with Gasteiger partial charge in [-0.05, 0) is 42.7 Å². The van der Waals surface area contributed by atoms with E-state index in [0.717, 1.165) is 73.8 Å². The largest absolute Gasteiger partial charge is 0.493 e. The zero-order valence-electron chi connectivity index (χ0n) is 21.4. The highest BCUT2D eigenvalue weighted by Crippen LogP contribution is 2.42. The maximum Gasteiger partial charge on any atom is 0.317 e. The van der Waals surface area contributed by atoms with E-state index in [-0.39, 0.29) is 12.1 Å². The predicted molar refractivity (Wildman–Crippen MR) is 139 cm³/mol. The lowest BCUT2D eigenvalue weighted by Gasteiger charge is -2.52. The highest BCUT2D eigenvalue weighted by atomic mass is 16.5. The molecule has 3 aliphatic heterocycles. The molecule has 5 heteroatoms. The standard InChI is InChI=1S/C31H39N2O3/c32-23-25-11-13-28(14-12-25)35-22-8-19-33-20-15-26(16-21-33)29(24-33)36-30(34)31(17-6-1-2-7-18-31)27-9-4-3-5-10-27/h3-5,9-14,26,29H,1-2,6-8,15-22,24H2/q+1/t26?,29-,33?/m0/s1. The summed E-state index contributed by atoms with van der Waals surface area (Å²) < 4.78 is 13.5. The van der Waals surface area contributed by atoms with Crippen LogP contribution in [0.4, 0.5) is 0 Å². The summed E-state index contributed by atoms with van der Waals surface area (Å²) in [7, 11) is 0.